The number of benzene rings is 3. The molecule has 5 aromatic rings. The van der Waals surface area contributed by atoms with Gasteiger partial charge in [0.25, 0.3) is 0 Å². The second kappa shape index (κ2) is 22.3. The average Bonchev–Trinajstić information content (AvgIpc) is 3.95. The van der Waals surface area contributed by atoms with Crippen molar-refractivity contribution in [3.63, 3.8) is 0 Å². The zero-order valence-electron chi connectivity index (χ0n) is 37.1. The fourth-order valence-corrected chi connectivity index (χ4v) is 8.04. The Bertz CT molecular complexity index is 2280. The quantitative estimate of drug-likeness (QED) is 0.0738. The summed E-state index contributed by atoms with van der Waals surface area (Å²) in [5.41, 5.74) is 8.14. The van der Waals surface area contributed by atoms with Gasteiger partial charge in [-0.2, -0.15) is 0 Å². The molecule has 336 valence electrons. The molecule has 2 aromatic heterocycles. The molecule has 15 heteroatoms. The maximum absolute atomic E-state index is 13.9. The first-order chi connectivity index (χ1) is 30.3. The number of pyridine rings is 1. The maximum Gasteiger partial charge on any atom is 0.246 e. The van der Waals surface area contributed by atoms with Gasteiger partial charge < -0.3 is 44.5 Å². The first-order valence-electron chi connectivity index (χ1n) is 21.4. The first kappa shape index (κ1) is 47.0. The van der Waals surface area contributed by atoms with Crippen LogP contribution in [-0.2, 0) is 35.1 Å². The van der Waals surface area contributed by atoms with E-state index < -0.39 is 29.5 Å². The molecule has 0 aliphatic carbocycles. The molecule has 1 saturated heterocycles. The van der Waals surface area contributed by atoms with Gasteiger partial charge in [-0.1, -0.05) is 63.2 Å². The number of aromatic nitrogens is 2. The molecular weight excluding hydrogens is 821 g/mol. The zero-order chi connectivity index (χ0) is 44.9. The summed E-state index contributed by atoms with van der Waals surface area (Å²) in [6.45, 7) is 9.20. The van der Waals surface area contributed by atoms with Crippen LogP contribution >= 0.6 is 11.3 Å². The van der Waals surface area contributed by atoms with Gasteiger partial charge >= 0.3 is 0 Å². The lowest BCUT2D eigenvalue weighted by atomic mass is 9.85. The summed E-state index contributed by atoms with van der Waals surface area (Å²) in [7, 11) is 4.02. The molecule has 3 aromatic carbocycles. The predicted octanol–water partition coefficient (Wildman–Crippen LogP) is 6.03. The lowest BCUT2D eigenvalue weighted by Crippen LogP contribution is -2.58. The summed E-state index contributed by atoms with van der Waals surface area (Å²) in [4.78, 5) is 54.1. The van der Waals surface area contributed by atoms with Gasteiger partial charge in [0.15, 0.2) is 0 Å². The van der Waals surface area contributed by atoms with Gasteiger partial charge in [0, 0.05) is 43.8 Å². The van der Waals surface area contributed by atoms with Crippen LogP contribution in [0.3, 0.4) is 0 Å². The molecule has 0 spiro atoms. The number of amides is 3. The van der Waals surface area contributed by atoms with Crippen LogP contribution in [0.5, 0.6) is 5.75 Å². The lowest BCUT2D eigenvalue weighted by Gasteiger charge is -2.35. The van der Waals surface area contributed by atoms with Gasteiger partial charge in [-0.25, -0.2) is 9.97 Å². The Morgan fingerprint density at radius 1 is 0.905 bits per heavy atom. The summed E-state index contributed by atoms with van der Waals surface area (Å²) >= 11 is 1.59. The van der Waals surface area contributed by atoms with E-state index in [1.54, 1.807) is 16.2 Å². The number of thiazole rings is 1. The number of aryl methyl sites for hydroxylation is 1. The number of aliphatic hydroxyl groups excluding tert-OH is 1. The Hall–Kier alpha value is -5.45. The first-order valence-corrected chi connectivity index (χ1v) is 22.2. The van der Waals surface area contributed by atoms with Gasteiger partial charge in [0.2, 0.25) is 17.7 Å². The fourth-order valence-electron chi connectivity index (χ4n) is 7.23. The van der Waals surface area contributed by atoms with Crippen LogP contribution < -0.4 is 20.3 Å². The van der Waals surface area contributed by atoms with E-state index in [0.29, 0.717) is 31.7 Å². The van der Waals surface area contributed by atoms with E-state index in [4.69, 9.17) is 23.9 Å². The average molecular weight is 881 g/mol. The number of hydrogen-bond acceptors (Lipinski definition) is 12. The molecule has 3 N–H and O–H groups in total. The highest BCUT2D eigenvalue weighted by molar-refractivity contribution is 7.13. The van der Waals surface area contributed by atoms with Crippen LogP contribution in [0.2, 0.25) is 0 Å². The topological polar surface area (TPSA) is 165 Å². The van der Waals surface area contributed by atoms with Crippen LogP contribution in [0.1, 0.15) is 44.9 Å². The second-order valence-corrected chi connectivity index (χ2v) is 17.8. The molecule has 0 bridgehead atoms. The normalized spacial score (nSPS) is 15.0. The molecule has 3 heterocycles. The Balaban J connectivity index is 0.836. The minimum atomic E-state index is -0.852. The van der Waals surface area contributed by atoms with Crippen LogP contribution in [0.4, 0.5) is 5.69 Å². The third-order valence-corrected chi connectivity index (χ3v) is 11.7. The summed E-state index contributed by atoms with van der Waals surface area (Å²) in [6, 6.07) is 24.5. The highest BCUT2D eigenvalue weighted by atomic mass is 32.1. The molecule has 0 saturated carbocycles. The molecule has 0 radical (unpaired) electrons. The SMILES string of the molecule is Cc1ncsc1-c1ccc(CNC(=O)C2CCCN2C(=O)C(NC(=O)COCCOCCOCC(O)COc2ccc3nc(-c4ccc(N(C)C)cc4)ccc3c2)C(C)(C)C)cc1. The van der Waals surface area contributed by atoms with Crippen molar-refractivity contribution >= 4 is 45.6 Å². The molecule has 1 fully saturated rings. The zero-order valence-corrected chi connectivity index (χ0v) is 37.9. The van der Waals surface area contributed by atoms with Crippen LogP contribution in [0, 0.1) is 12.3 Å². The molecular formula is C48H60N6O8S. The largest absolute Gasteiger partial charge is 0.491 e. The number of ether oxygens (including phenoxy) is 4. The molecule has 3 amide bonds. The third kappa shape index (κ3) is 13.3. The molecule has 6 rings (SSSR count). The van der Waals surface area contributed by atoms with Gasteiger partial charge in [-0.15, -0.1) is 11.3 Å². The third-order valence-electron chi connectivity index (χ3n) is 10.8. The van der Waals surface area contributed by atoms with E-state index in [1.807, 2.05) is 102 Å². The highest BCUT2D eigenvalue weighted by Gasteiger charge is 2.41. The van der Waals surface area contributed by atoms with Gasteiger partial charge in [-0.3, -0.25) is 14.4 Å². The van der Waals surface area contributed by atoms with E-state index in [2.05, 4.69) is 44.8 Å². The number of aliphatic hydroxyl groups is 1. The van der Waals surface area contributed by atoms with E-state index in [1.165, 1.54) is 0 Å². The van der Waals surface area contributed by atoms with Crippen molar-refractivity contribution in [1.29, 1.82) is 0 Å². The van der Waals surface area contributed by atoms with Crippen molar-refractivity contribution in [3.05, 3.63) is 95.6 Å². The van der Waals surface area contributed by atoms with Crippen LogP contribution in [0.15, 0.2) is 84.4 Å². The van der Waals surface area contributed by atoms with Crippen molar-refractivity contribution in [3.8, 4) is 27.4 Å². The Kier molecular flexibility index (Phi) is 16.6. The maximum atomic E-state index is 13.9. The van der Waals surface area contributed by atoms with Gasteiger partial charge in [0.1, 0.15) is 37.2 Å². The van der Waals surface area contributed by atoms with E-state index in [0.717, 1.165) is 49.5 Å². The highest BCUT2D eigenvalue weighted by Crippen LogP contribution is 2.29. The van der Waals surface area contributed by atoms with Crippen molar-refractivity contribution in [1.82, 2.24) is 25.5 Å². The number of carbonyl (C=O) groups excluding carboxylic acids is 3. The Morgan fingerprint density at radius 2 is 1.62 bits per heavy atom. The second-order valence-electron chi connectivity index (χ2n) is 16.9. The number of carbonyl (C=O) groups is 3. The van der Waals surface area contributed by atoms with Crippen LogP contribution in [0.25, 0.3) is 32.6 Å². The van der Waals surface area contributed by atoms with E-state index >= 15 is 0 Å². The number of anilines is 1. The summed E-state index contributed by atoms with van der Waals surface area (Å²) in [5.74, 6) is -0.313. The number of likely N-dealkylation sites (tertiary alicyclic amines) is 1. The fraction of sp³-hybridized carbons (Fsp3) is 0.438. The standard InChI is InChI=1S/C48H60N6O8S/c1-32-44(63-31-50-32)35-11-9-33(10-12-35)27-49-46(57)42-8-7-21-54(42)47(58)45(48(2,3)4)52-43(56)30-61-25-23-59-22-24-60-28-38(55)29-62-39-18-20-41-36(26-39)15-19-40(51-41)34-13-16-37(17-14-34)53(5)6/h9-20,26,31,38,42,45,55H,7-8,21-25,27-30H2,1-6H3,(H,49,57)(H,52,56). The minimum absolute atomic E-state index is 0.0620. The van der Waals surface area contributed by atoms with Gasteiger partial charge in [0.05, 0.1) is 60.3 Å². The molecule has 1 aliphatic heterocycles. The van der Waals surface area contributed by atoms with Crippen molar-refractivity contribution in [2.45, 2.75) is 65.3 Å². The predicted molar refractivity (Wildman–Crippen MR) is 246 cm³/mol. The number of nitrogens with zero attached hydrogens (tertiary/aromatic N) is 4. The molecule has 14 nitrogen and oxygen atoms in total. The lowest BCUT2D eigenvalue weighted by molar-refractivity contribution is -0.144. The monoisotopic (exact) mass is 880 g/mol. The Labute approximate surface area is 373 Å². The minimum Gasteiger partial charge on any atom is -0.491 e. The Morgan fingerprint density at radius 3 is 2.32 bits per heavy atom. The number of fused-ring (bicyclic) bond motifs is 1. The van der Waals surface area contributed by atoms with E-state index in [-0.39, 0.29) is 58.1 Å². The summed E-state index contributed by atoms with van der Waals surface area (Å²) < 4.78 is 22.5. The smallest absolute Gasteiger partial charge is 0.246 e. The van der Waals surface area contributed by atoms with Crippen molar-refractivity contribution in [2.24, 2.45) is 5.41 Å². The van der Waals surface area contributed by atoms with E-state index in [9.17, 15) is 19.5 Å². The number of rotatable bonds is 21. The van der Waals surface area contributed by atoms with Crippen molar-refractivity contribution in [2.75, 3.05) is 71.8 Å². The van der Waals surface area contributed by atoms with Crippen LogP contribution in [-0.4, -0.2) is 123 Å². The molecule has 1 aliphatic rings. The number of nitrogens with one attached hydrogen (secondary N) is 2. The van der Waals surface area contributed by atoms with Gasteiger partial charge in [-0.05, 0) is 72.7 Å². The molecule has 63 heavy (non-hydrogen) atoms. The molecule has 3 unspecified atom stereocenters. The van der Waals surface area contributed by atoms with Crippen molar-refractivity contribution < 1.29 is 38.4 Å². The molecule has 3 atom stereocenters. The summed E-state index contributed by atoms with van der Waals surface area (Å²) in [5, 5.41) is 17.2. The number of hydrogen-bond donors (Lipinski definition) is 3. The summed E-state index contributed by atoms with van der Waals surface area (Å²) in [6.07, 6.45) is 0.412.